The van der Waals surface area contributed by atoms with Crippen LogP contribution in [0.15, 0.2) is 49.6 Å². The van der Waals surface area contributed by atoms with Crippen LogP contribution in [0.2, 0.25) is 0 Å². The van der Waals surface area contributed by atoms with Gasteiger partial charge in [0.25, 0.3) is 0 Å². The lowest BCUT2D eigenvalue weighted by Crippen LogP contribution is -2.56. The molecule has 3 fully saturated rings. The highest BCUT2D eigenvalue weighted by Gasteiger charge is 2.74. The molecule has 9 heteroatoms. The Morgan fingerprint density at radius 3 is 2.44 bits per heavy atom. The molecular weight excluding hydrogens is 546 g/mol. The molecule has 0 aliphatic carbocycles. The molecule has 3 aliphatic rings. The van der Waals surface area contributed by atoms with Gasteiger partial charge in [0.2, 0.25) is 17.7 Å². The first kappa shape index (κ1) is 32.7. The van der Waals surface area contributed by atoms with Crippen molar-refractivity contribution >= 4 is 23.4 Å². The van der Waals surface area contributed by atoms with E-state index in [0.717, 1.165) is 25.7 Å². The Morgan fingerprint density at radius 1 is 1.07 bits per heavy atom. The van der Waals surface area contributed by atoms with Crippen LogP contribution in [0.25, 0.3) is 0 Å². The maximum Gasteiger partial charge on any atom is 0.248 e. The number of fused-ring (bicyclic) bond motifs is 1. The summed E-state index contributed by atoms with van der Waals surface area (Å²) in [5.41, 5.74) is -0.338. The lowest BCUT2D eigenvalue weighted by molar-refractivity contribution is -0.147. The minimum atomic E-state index is -1.03. The lowest BCUT2D eigenvalue weighted by Gasteiger charge is -2.37. The van der Waals surface area contributed by atoms with Crippen molar-refractivity contribution < 1.29 is 29.0 Å². The number of hydrogen-bond donors (Lipinski definition) is 1. The Hall–Kier alpha value is -3.17. The number of rotatable bonds is 18. The summed E-state index contributed by atoms with van der Waals surface area (Å²) in [7, 11) is 0. The Balaban J connectivity index is 1.67. The van der Waals surface area contributed by atoms with Gasteiger partial charge in [0.15, 0.2) is 0 Å². The fraction of sp³-hybridized carbons (Fsp3) is 0.618. The van der Waals surface area contributed by atoms with Crippen LogP contribution in [0.4, 0.5) is 5.69 Å². The molecule has 1 aromatic carbocycles. The molecule has 4 rings (SSSR count). The van der Waals surface area contributed by atoms with Crippen molar-refractivity contribution in [1.29, 1.82) is 0 Å². The third-order valence-corrected chi connectivity index (χ3v) is 9.11. The number of benzene rings is 1. The van der Waals surface area contributed by atoms with Crippen LogP contribution in [0.3, 0.4) is 0 Å². The highest BCUT2D eigenvalue weighted by Crippen LogP contribution is 2.59. The highest BCUT2D eigenvalue weighted by atomic mass is 16.5. The number of aliphatic hydroxyl groups is 1. The number of nitrogens with zero attached hydrogens (tertiary/aromatic N) is 3. The number of anilines is 1. The third kappa shape index (κ3) is 6.53. The largest absolute Gasteiger partial charge is 0.494 e. The molecule has 2 unspecified atom stereocenters. The second-order valence-electron chi connectivity index (χ2n) is 11.8. The van der Waals surface area contributed by atoms with Crippen molar-refractivity contribution in [1.82, 2.24) is 9.80 Å². The molecule has 0 saturated carbocycles. The van der Waals surface area contributed by atoms with Crippen molar-refractivity contribution in [2.24, 2.45) is 11.8 Å². The summed E-state index contributed by atoms with van der Waals surface area (Å²) in [6.07, 6.45) is 9.06. The van der Waals surface area contributed by atoms with Crippen LogP contribution in [0.5, 0.6) is 5.75 Å². The van der Waals surface area contributed by atoms with Gasteiger partial charge in [-0.3, -0.25) is 14.4 Å². The van der Waals surface area contributed by atoms with Crippen molar-refractivity contribution in [2.75, 3.05) is 44.3 Å². The number of carbonyl (C=O) groups is 3. The molecule has 1 N–H and O–H groups in total. The predicted molar refractivity (Wildman–Crippen MR) is 167 cm³/mol. The van der Waals surface area contributed by atoms with Crippen molar-refractivity contribution in [3.8, 4) is 5.75 Å². The number of ether oxygens (including phenoxy) is 2. The van der Waals surface area contributed by atoms with E-state index in [4.69, 9.17) is 9.47 Å². The molecule has 5 atom stereocenters. The number of amides is 3. The van der Waals surface area contributed by atoms with Crippen LogP contribution < -0.4 is 9.64 Å². The second-order valence-corrected chi connectivity index (χ2v) is 11.8. The van der Waals surface area contributed by atoms with Gasteiger partial charge in [-0.2, -0.15) is 0 Å². The topological polar surface area (TPSA) is 99.6 Å². The van der Waals surface area contributed by atoms with Crippen molar-refractivity contribution in [3.05, 3.63) is 49.6 Å². The summed E-state index contributed by atoms with van der Waals surface area (Å²) in [4.78, 5) is 48.2. The molecule has 9 nitrogen and oxygen atoms in total. The van der Waals surface area contributed by atoms with E-state index < -0.39 is 29.6 Å². The van der Waals surface area contributed by atoms with E-state index in [-0.39, 0.29) is 30.9 Å². The van der Waals surface area contributed by atoms with Gasteiger partial charge in [-0.05, 0) is 63.3 Å². The third-order valence-electron chi connectivity index (χ3n) is 9.11. The van der Waals surface area contributed by atoms with Gasteiger partial charge >= 0.3 is 0 Å². The fourth-order valence-corrected chi connectivity index (χ4v) is 7.19. The molecule has 0 aromatic heterocycles. The average molecular weight is 596 g/mol. The van der Waals surface area contributed by atoms with Gasteiger partial charge in [-0.25, -0.2) is 0 Å². The number of unbranched alkanes of at least 4 members (excludes halogenated alkanes) is 4. The number of hydrogen-bond acceptors (Lipinski definition) is 6. The number of aliphatic hydroxyl groups excluding tert-OH is 1. The standard InChI is InChI=1S/C34H49N3O6/c1-5-9-22-35(20-6-2)33(41)30-34-19-18-27(43-34)28(29(34)32(40)37(30)23-12-10-11-13-24-38)31(39)36(21-7-3)25-14-16-26(17-15-25)42-8-4/h6-7,14-17,27-30,38H,2-3,5,8-13,18-24H2,1,4H3/t27-,28+,29-,30?,34?/m0/s1. The van der Waals surface area contributed by atoms with E-state index in [0.29, 0.717) is 63.4 Å². The van der Waals surface area contributed by atoms with Gasteiger partial charge in [-0.1, -0.05) is 38.3 Å². The molecule has 1 aromatic rings. The summed E-state index contributed by atoms with van der Waals surface area (Å²) in [6, 6.07) is 6.58. The van der Waals surface area contributed by atoms with E-state index in [2.05, 4.69) is 20.1 Å². The van der Waals surface area contributed by atoms with E-state index in [9.17, 15) is 19.5 Å². The molecular formula is C34H49N3O6. The first-order chi connectivity index (χ1) is 20.9. The van der Waals surface area contributed by atoms with Crippen molar-refractivity contribution in [3.63, 3.8) is 0 Å². The summed E-state index contributed by atoms with van der Waals surface area (Å²) in [5, 5.41) is 9.19. The zero-order valence-electron chi connectivity index (χ0n) is 25.9. The SMILES string of the molecule is C=CCN(CCCC)C(=O)C1N(CCCCCCO)C(=O)[C@@H]2[C@H](C(=O)N(CC=C)c3ccc(OCC)cc3)[C@@H]3CCC12O3. The van der Waals surface area contributed by atoms with Gasteiger partial charge in [-0.15, -0.1) is 13.2 Å². The summed E-state index contributed by atoms with van der Waals surface area (Å²) >= 11 is 0. The van der Waals surface area contributed by atoms with Crippen LogP contribution in [-0.4, -0.2) is 89.8 Å². The molecule has 3 amide bonds. The fourth-order valence-electron chi connectivity index (χ4n) is 7.19. The molecule has 3 saturated heterocycles. The minimum absolute atomic E-state index is 0.122. The number of carbonyl (C=O) groups excluding carboxylic acids is 3. The Morgan fingerprint density at radius 2 is 1.79 bits per heavy atom. The zero-order chi connectivity index (χ0) is 31.0. The monoisotopic (exact) mass is 595 g/mol. The van der Waals surface area contributed by atoms with Gasteiger partial charge in [0.05, 0.1) is 24.5 Å². The molecule has 2 bridgehead atoms. The van der Waals surface area contributed by atoms with E-state index >= 15 is 0 Å². The van der Waals surface area contributed by atoms with Crippen LogP contribution in [0, 0.1) is 11.8 Å². The molecule has 1 spiro atoms. The highest BCUT2D eigenvalue weighted by molar-refractivity contribution is 6.03. The summed E-state index contributed by atoms with van der Waals surface area (Å²) in [5.74, 6) is -1.17. The Kier molecular flexibility index (Phi) is 11.4. The second kappa shape index (κ2) is 15.0. The molecule has 236 valence electrons. The van der Waals surface area contributed by atoms with E-state index in [1.165, 1.54) is 0 Å². The van der Waals surface area contributed by atoms with Gasteiger partial charge in [0.1, 0.15) is 17.4 Å². The summed E-state index contributed by atoms with van der Waals surface area (Å²) in [6.45, 7) is 14.1. The smallest absolute Gasteiger partial charge is 0.248 e. The lowest BCUT2D eigenvalue weighted by atomic mass is 9.70. The first-order valence-corrected chi connectivity index (χ1v) is 16.0. The average Bonchev–Trinajstić information content (AvgIpc) is 3.65. The molecule has 0 radical (unpaired) electrons. The van der Waals surface area contributed by atoms with E-state index in [1.807, 2.05) is 31.2 Å². The van der Waals surface area contributed by atoms with Crippen LogP contribution >= 0.6 is 0 Å². The maximum atomic E-state index is 14.4. The molecule has 3 heterocycles. The van der Waals surface area contributed by atoms with Gasteiger partial charge in [0, 0.05) is 38.5 Å². The zero-order valence-corrected chi connectivity index (χ0v) is 25.9. The first-order valence-electron chi connectivity index (χ1n) is 16.0. The molecule has 3 aliphatic heterocycles. The predicted octanol–water partition coefficient (Wildman–Crippen LogP) is 4.35. The normalized spacial score (nSPS) is 25.5. The maximum absolute atomic E-state index is 14.4. The summed E-state index contributed by atoms with van der Waals surface area (Å²) < 4.78 is 12.3. The number of likely N-dealkylation sites (tertiary alicyclic amines) is 1. The quantitative estimate of drug-likeness (QED) is 0.200. The van der Waals surface area contributed by atoms with Gasteiger partial charge < -0.3 is 29.3 Å². The minimum Gasteiger partial charge on any atom is -0.494 e. The van der Waals surface area contributed by atoms with Crippen molar-refractivity contribution in [2.45, 2.75) is 83.0 Å². The molecule has 43 heavy (non-hydrogen) atoms. The Bertz CT molecular complexity index is 1140. The van der Waals surface area contributed by atoms with E-state index in [1.54, 1.807) is 26.9 Å². The van der Waals surface area contributed by atoms with Crippen LogP contribution in [0.1, 0.15) is 65.2 Å². The van der Waals surface area contributed by atoms with Crippen LogP contribution in [-0.2, 0) is 19.1 Å². The Labute approximate surface area is 256 Å².